The minimum atomic E-state index is 0.401. The van der Waals surface area contributed by atoms with E-state index in [-0.39, 0.29) is 0 Å². The Morgan fingerprint density at radius 1 is 1.25 bits per heavy atom. The van der Waals surface area contributed by atoms with E-state index >= 15 is 0 Å². The van der Waals surface area contributed by atoms with Crippen LogP contribution in [0.1, 0.15) is 23.7 Å². The number of anilines is 1. The van der Waals surface area contributed by atoms with Gasteiger partial charge in [0.2, 0.25) is 0 Å². The topological polar surface area (TPSA) is 72.8 Å². The quantitative estimate of drug-likeness (QED) is 0.886. The van der Waals surface area contributed by atoms with Gasteiger partial charge in [-0.15, -0.1) is 0 Å². The minimum Gasteiger partial charge on any atom is -0.381 e. The maximum Gasteiger partial charge on any atom is 0.129 e. The lowest BCUT2D eigenvalue weighted by atomic mass is 10.1. The van der Waals surface area contributed by atoms with Crippen molar-refractivity contribution in [2.45, 2.75) is 18.8 Å². The lowest BCUT2D eigenvalue weighted by Crippen LogP contribution is -2.09. The number of ether oxygens (including phenoxy) is 1. The summed E-state index contributed by atoms with van der Waals surface area (Å²) in [4.78, 5) is 16.9. The largest absolute Gasteiger partial charge is 0.381 e. The van der Waals surface area contributed by atoms with E-state index in [0.29, 0.717) is 5.92 Å². The van der Waals surface area contributed by atoms with Crippen molar-refractivity contribution in [1.82, 2.24) is 19.9 Å². The van der Waals surface area contributed by atoms with E-state index in [1.807, 2.05) is 6.07 Å². The molecule has 6 nitrogen and oxygen atoms in total. The van der Waals surface area contributed by atoms with Crippen LogP contribution in [0.15, 0.2) is 31.0 Å². The van der Waals surface area contributed by atoms with Gasteiger partial charge in [0.05, 0.1) is 18.0 Å². The first kappa shape index (κ1) is 12.9. The lowest BCUT2D eigenvalue weighted by molar-refractivity contribution is 0.193. The third-order valence-electron chi connectivity index (χ3n) is 3.34. The highest BCUT2D eigenvalue weighted by Gasteiger charge is 2.19. The van der Waals surface area contributed by atoms with Crippen LogP contribution in [0, 0.1) is 0 Å². The van der Waals surface area contributed by atoms with E-state index in [1.54, 1.807) is 24.9 Å². The average Bonchev–Trinajstić information content (AvgIpc) is 3.03. The fourth-order valence-corrected chi connectivity index (χ4v) is 2.24. The van der Waals surface area contributed by atoms with Crippen molar-refractivity contribution in [3.63, 3.8) is 0 Å². The summed E-state index contributed by atoms with van der Waals surface area (Å²) in [5.41, 5.74) is 2.03. The summed E-state index contributed by atoms with van der Waals surface area (Å²) in [6.45, 7) is 2.36. The van der Waals surface area contributed by atoms with Gasteiger partial charge in [-0.05, 0) is 6.42 Å². The van der Waals surface area contributed by atoms with Crippen molar-refractivity contribution in [3.05, 3.63) is 42.4 Å². The second-order valence-corrected chi connectivity index (χ2v) is 4.76. The molecule has 0 radical (unpaired) electrons. The summed E-state index contributed by atoms with van der Waals surface area (Å²) in [5, 5.41) is 3.30. The van der Waals surface area contributed by atoms with Crippen LogP contribution < -0.4 is 5.32 Å². The Morgan fingerprint density at radius 2 is 2.25 bits per heavy atom. The van der Waals surface area contributed by atoms with Crippen molar-refractivity contribution in [1.29, 1.82) is 0 Å². The molecule has 2 aromatic heterocycles. The molecule has 6 heteroatoms. The molecule has 1 atom stereocenters. The molecule has 1 N–H and O–H groups in total. The van der Waals surface area contributed by atoms with E-state index in [9.17, 15) is 0 Å². The summed E-state index contributed by atoms with van der Waals surface area (Å²) in [6, 6.07) is 2.01. The monoisotopic (exact) mass is 271 g/mol. The van der Waals surface area contributed by atoms with Gasteiger partial charge in [0.25, 0.3) is 0 Å². The van der Waals surface area contributed by atoms with Crippen LogP contribution in [0.5, 0.6) is 0 Å². The molecule has 0 bridgehead atoms. The molecule has 0 aromatic carbocycles. The summed E-state index contributed by atoms with van der Waals surface area (Å²) in [6.07, 6.45) is 8.63. The van der Waals surface area contributed by atoms with Crippen LogP contribution >= 0.6 is 0 Å². The summed E-state index contributed by atoms with van der Waals surface area (Å²) < 4.78 is 5.39. The molecule has 1 fully saturated rings. The number of nitrogens with zero attached hydrogens (tertiary/aromatic N) is 4. The first-order valence-electron chi connectivity index (χ1n) is 6.80. The summed E-state index contributed by atoms with van der Waals surface area (Å²) in [5.74, 6) is 1.25. The van der Waals surface area contributed by atoms with Crippen molar-refractivity contribution < 1.29 is 4.74 Å². The predicted octanol–water partition coefficient (Wildman–Crippen LogP) is 1.43. The Morgan fingerprint density at radius 3 is 3.05 bits per heavy atom. The normalized spacial score (nSPS) is 18.1. The van der Waals surface area contributed by atoms with Gasteiger partial charge in [-0.1, -0.05) is 0 Å². The molecule has 0 amide bonds. The number of hydrogen-bond acceptors (Lipinski definition) is 6. The Labute approximate surface area is 117 Å². The van der Waals surface area contributed by atoms with E-state index < -0.39 is 0 Å². The minimum absolute atomic E-state index is 0.401. The molecule has 0 aliphatic carbocycles. The number of nitrogens with one attached hydrogen (secondary N) is 1. The fourth-order valence-electron chi connectivity index (χ4n) is 2.24. The first-order chi connectivity index (χ1) is 9.92. The second kappa shape index (κ2) is 6.38. The highest BCUT2D eigenvalue weighted by atomic mass is 16.5. The van der Waals surface area contributed by atoms with Crippen molar-refractivity contribution in [3.8, 4) is 0 Å². The van der Waals surface area contributed by atoms with E-state index in [2.05, 4.69) is 25.3 Å². The highest BCUT2D eigenvalue weighted by molar-refractivity contribution is 5.36. The maximum atomic E-state index is 5.39. The molecular formula is C14H17N5O. The van der Waals surface area contributed by atoms with Gasteiger partial charge in [0, 0.05) is 50.1 Å². The van der Waals surface area contributed by atoms with Crippen LogP contribution in [0.2, 0.25) is 0 Å². The maximum absolute atomic E-state index is 5.39. The standard InChI is InChI=1S/C14H17N5O/c1(12-8-15-4-5-16-12)3-17-14-7-13(18-10-19-14)11-2-6-20-9-11/h4-5,7-8,10-11H,1-3,6,9H2,(H,17,18,19)/t11-/m1/s1. The lowest BCUT2D eigenvalue weighted by Gasteiger charge is -2.09. The molecule has 0 saturated carbocycles. The second-order valence-electron chi connectivity index (χ2n) is 4.76. The van der Waals surface area contributed by atoms with E-state index in [1.165, 1.54) is 0 Å². The molecule has 1 aliphatic heterocycles. The molecular weight excluding hydrogens is 254 g/mol. The zero-order chi connectivity index (χ0) is 13.6. The average molecular weight is 271 g/mol. The van der Waals surface area contributed by atoms with Crippen LogP contribution in [-0.2, 0) is 11.2 Å². The third kappa shape index (κ3) is 3.27. The number of rotatable bonds is 5. The van der Waals surface area contributed by atoms with Gasteiger partial charge in [-0.2, -0.15) is 0 Å². The van der Waals surface area contributed by atoms with Crippen LogP contribution in [0.3, 0.4) is 0 Å². The van der Waals surface area contributed by atoms with E-state index in [4.69, 9.17) is 4.74 Å². The van der Waals surface area contributed by atoms with Crippen molar-refractivity contribution >= 4 is 5.82 Å². The Bertz CT molecular complexity index is 542. The van der Waals surface area contributed by atoms with Gasteiger partial charge in [-0.25, -0.2) is 9.97 Å². The molecule has 104 valence electrons. The number of aromatic nitrogens is 4. The van der Waals surface area contributed by atoms with Crippen LogP contribution in [-0.4, -0.2) is 39.7 Å². The summed E-state index contributed by atoms with van der Waals surface area (Å²) in [7, 11) is 0. The molecule has 1 saturated heterocycles. The summed E-state index contributed by atoms with van der Waals surface area (Å²) >= 11 is 0. The molecule has 20 heavy (non-hydrogen) atoms. The van der Waals surface area contributed by atoms with Crippen molar-refractivity contribution in [2.75, 3.05) is 25.1 Å². The van der Waals surface area contributed by atoms with E-state index in [0.717, 1.165) is 49.8 Å². The predicted molar refractivity (Wildman–Crippen MR) is 74.4 cm³/mol. The van der Waals surface area contributed by atoms with Crippen LogP contribution in [0.4, 0.5) is 5.82 Å². The Hall–Kier alpha value is -2.08. The smallest absolute Gasteiger partial charge is 0.129 e. The van der Waals surface area contributed by atoms with Crippen molar-refractivity contribution in [2.24, 2.45) is 0 Å². The molecule has 2 aromatic rings. The fraction of sp³-hybridized carbons (Fsp3) is 0.429. The van der Waals surface area contributed by atoms with Gasteiger partial charge in [0.1, 0.15) is 12.1 Å². The zero-order valence-electron chi connectivity index (χ0n) is 11.2. The molecule has 3 heterocycles. The third-order valence-corrected chi connectivity index (χ3v) is 3.34. The Balaban J connectivity index is 1.56. The highest BCUT2D eigenvalue weighted by Crippen LogP contribution is 2.24. The molecule has 0 spiro atoms. The van der Waals surface area contributed by atoms with Gasteiger partial charge < -0.3 is 10.1 Å². The SMILES string of the molecule is c1cnc(CCNc2cc([C@@H]3CCOC3)ncn2)cn1. The van der Waals surface area contributed by atoms with Gasteiger partial charge in [0.15, 0.2) is 0 Å². The van der Waals surface area contributed by atoms with Gasteiger partial charge >= 0.3 is 0 Å². The molecule has 3 rings (SSSR count). The van der Waals surface area contributed by atoms with Crippen LogP contribution in [0.25, 0.3) is 0 Å². The zero-order valence-corrected chi connectivity index (χ0v) is 11.2. The Kier molecular flexibility index (Phi) is 4.13. The van der Waals surface area contributed by atoms with Gasteiger partial charge in [-0.3, -0.25) is 9.97 Å². The first-order valence-corrected chi connectivity index (χ1v) is 6.80. The molecule has 1 aliphatic rings. The molecule has 0 unspecified atom stereocenters. The number of hydrogen-bond donors (Lipinski definition) is 1.